The summed E-state index contributed by atoms with van der Waals surface area (Å²) in [7, 11) is -3.13. The van der Waals surface area contributed by atoms with Crippen LogP contribution in [0.15, 0.2) is 42.5 Å². The second-order valence-electron chi connectivity index (χ2n) is 7.22. The van der Waals surface area contributed by atoms with E-state index < -0.39 is 15.9 Å². The molecule has 1 N–H and O–H groups in total. The first-order valence-corrected chi connectivity index (χ1v) is 11.0. The maximum absolute atomic E-state index is 12.5. The highest BCUT2D eigenvalue weighted by molar-refractivity contribution is 7.89. The molecule has 0 saturated carbocycles. The number of rotatable bonds is 7. The van der Waals surface area contributed by atoms with Crippen molar-refractivity contribution in [1.29, 1.82) is 0 Å². The van der Waals surface area contributed by atoms with Gasteiger partial charge in [0.15, 0.2) is 15.9 Å². The number of aryl methyl sites for hydroxylation is 1. The summed E-state index contributed by atoms with van der Waals surface area (Å²) in [4.78, 5) is 12.5. The van der Waals surface area contributed by atoms with Crippen molar-refractivity contribution in [2.75, 3.05) is 11.6 Å². The van der Waals surface area contributed by atoms with Crippen LogP contribution in [0.2, 0.25) is 0 Å². The molecule has 0 heterocycles. The Labute approximate surface area is 161 Å². The summed E-state index contributed by atoms with van der Waals surface area (Å²) in [5.41, 5.74) is 3.29. The molecule has 0 radical (unpaired) electrons. The fourth-order valence-electron chi connectivity index (χ4n) is 2.75. The van der Waals surface area contributed by atoms with Gasteiger partial charge < -0.3 is 10.1 Å². The smallest absolute Gasteiger partial charge is 0.265 e. The molecule has 2 aromatic rings. The van der Waals surface area contributed by atoms with Gasteiger partial charge in [-0.15, -0.1) is 0 Å². The molecule has 0 aliphatic carbocycles. The summed E-state index contributed by atoms with van der Waals surface area (Å²) in [6.45, 7) is 7.84. The second-order valence-corrected chi connectivity index (χ2v) is 9.36. The number of carbonyl (C=O) groups is 1. The van der Waals surface area contributed by atoms with Crippen LogP contribution in [0.1, 0.15) is 43.4 Å². The highest BCUT2D eigenvalue weighted by atomic mass is 32.2. The number of hydrogen-bond acceptors (Lipinski definition) is 4. The second kappa shape index (κ2) is 8.57. The molecule has 0 aromatic heterocycles. The van der Waals surface area contributed by atoms with E-state index in [0.717, 1.165) is 11.1 Å². The third kappa shape index (κ3) is 6.40. The van der Waals surface area contributed by atoms with E-state index >= 15 is 0 Å². The van der Waals surface area contributed by atoms with Crippen LogP contribution in [0.3, 0.4) is 0 Å². The molecule has 1 unspecified atom stereocenters. The number of hydrogen-bond donors (Lipinski definition) is 1. The predicted octanol–water partition coefficient (Wildman–Crippen LogP) is 4.07. The molecule has 0 aliphatic rings. The summed E-state index contributed by atoms with van der Waals surface area (Å²) in [5, 5.41) is 2.79. The highest BCUT2D eigenvalue weighted by Gasteiger charge is 2.18. The Hall–Kier alpha value is -2.34. The maximum Gasteiger partial charge on any atom is 0.265 e. The lowest BCUT2D eigenvalue weighted by molar-refractivity contribution is -0.122. The van der Waals surface area contributed by atoms with Crippen LogP contribution in [-0.2, 0) is 20.4 Å². The van der Waals surface area contributed by atoms with E-state index in [9.17, 15) is 13.2 Å². The number of amides is 1. The molecule has 0 saturated heterocycles. The third-order valence-electron chi connectivity index (χ3n) is 4.09. The number of carbonyl (C=O) groups excluding carboxylic acids is 1. The first-order valence-electron chi connectivity index (χ1n) is 8.90. The van der Waals surface area contributed by atoms with Crippen molar-refractivity contribution in [3.05, 3.63) is 59.2 Å². The molecule has 0 bridgehead atoms. The largest absolute Gasteiger partial charge is 0.481 e. The molecule has 2 rings (SSSR count). The van der Waals surface area contributed by atoms with Gasteiger partial charge in [-0.05, 0) is 54.7 Å². The lowest BCUT2D eigenvalue weighted by Gasteiger charge is -2.19. The normalized spacial score (nSPS) is 12.7. The van der Waals surface area contributed by atoms with Crippen LogP contribution in [0.25, 0.3) is 0 Å². The zero-order chi connectivity index (χ0) is 20.2. The standard InChI is InChI=1S/C21H27NO4S/c1-14(2)19-10-9-15(3)11-20(19)26-16(4)21(23)22-18-8-6-7-17(12-18)13-27(5,24)25/h6-12,14,16H,13H2,1-5H3,(H,22,23). The zero-order valence-corrected chi connectivity index (χ0v) is 17.3. The van der Waals surface area contributed by atoms with Gasteiger partial charge in [0.25, 0.3) is 5.91 Å². The molecule has 6 heteroatoms. The van der Waals surface area contributed by atoms with Crippen LogP contribution < -0.4 is 10.1 Å². The van der Waals surface area contributed by atoms with Crippen LogP contribution in [0.4, 0.5) is 5.69 Å². The molecule has 5 nitrogen and oxygen atoms in total. The molecular weight excluding hydrogens is 362 g/mol. The van der Waals surface area contributed by atoms with E-state index in [0.29, 0.717) is 17.0 Å². The number of nitrogens with one attached hydrogen (secondary N) is 1. The lowest BCUT2D eigenvalue weighted by atomic mass is 10.0. The summed E-state index contributed by atoms with van der Waals surface area (Å²) < 4.78 is 28.8. The molecule has 27 heavy (non-hydrogen) atoms. The number of anilines is 1. The Morgan fingerprint density at radius 1 is 1.11 bits per heavy atom. The topological polar surface area (TPSA) is 72.5 Å². The van der Waals surface area contributed by atoms with E-state index in [1.54, 1.807) is 31.2 Å². The number of ether oxygens (including phenoxy) is 1. The van der Waals surface area contributed by atoms with Crippen molar-refractivity contribution in [1.82, 2.24) is 0 Å². The van der Waals surface area contributed by atoms with Crippen molar-refractivity contribution in [2.24, 2.45) is 0 Å². The first kappa shape index (κ1) is 21.0. The van der Waals surface area contributed by atoms with Gasteiger partial charge in [-0.1, -0.05) is 38.1 Å². The summed E-state index contributed by atoms with van der Waals surface area (Å²) in [6.07, 6.45) is 0.491. The summed E-state index contributed by atoms with van der Waals surface area (Å²) in [6, 6.07) is 12.8. The predicted molar refractivity (Wildman–Crippen MR) is 109 cm³/mol. The molecule has 0 aliphatic heterocycles. The van der Waals surface area contributed by atoms with Gasteiger partial charge in [-0.25, -0.2) is 8.42 Å². The van der Waals surface area contributed by atoms with E-state index in [-0.39, 0.29) is 17.6 Å². The number of sulfone groups is 1. The first-order chi connectivity index (χ1) is 12.5. The van der Waals surface area contributed by atoms with Gasteiger partial charge in [0.1, 0.15) is 5.75 Å². The van der Waals surface area contributed by atoms with E-state index in [4.69, 9.17) is 4.74 Å². The minimum atomic E-state index is -3.13. The average Bonchev–Trinajstić information content (AvgIpc) is 2.53. The molecule has 1 atom stereocenters. The van der Waals surface area contributed by atoms with Crippen molar-refractivity contribution >= 4 is 21.4 Å². The monoisotopic (exact) mass is 389 g/mol. The molecule has 0 spiro atoms. The van der Waals surface area contributed by atoms with E-state index in [1.165, 1.54) is 6.26 Å². The van der Waals surface area contributed by atoms with Gasteiger partial charge in [0.2, 0.25) is 0 Å². The Morgan fingerprint density at radius 2 is 1.81 bits per heavy atom. The summed E-state index contributed by atoms with van der Waals surface area (Å²) in [5.74, 6) is 0.633. The van der Waals surface area contributed by atoms with Gasteiger partial charge in [-0.3, -0.25) is 4.79 Å². The van der Waals surface area contributed by atoms with E-state index in [1.807, 2.05) is 25.1 Å². The Kier molecular flexibility index (Phi) is 6.65. The van der Waals surface area contributed by atoms with Gasteiger partial charge in [0.05, 0.1) is 5.75 Å². The van der Waals surface area contributed by atoms with Gasteiger partial charge in [0, 0.05) is 11.9 Å². The lowest BCUT2D eigenvalue weighted by Crippen LogP contribution is -2.30. The van der Waals surface area contributed by atoms with Crippen molar-refractivity contribution in [2.45, 2.75) is 45.5 Å². The van der Waals surface area contributed by atoms with Crippen LogP contribution >= 0.6 is 0 Å². The third-order valence-corrected chi connectivity index (χ3v) is 4.95. The van der Waals surface area contributed by atoms with Crippen molar-refractivity contribution < 1.29 is 17.9 Å². The van der Waals surface area contributed by atoms with Crippen molar-refractivity contribution in [3.63, 3.8) is 0 Å². The minimum Gasteiger partial charge on any atom is -0.481 e. The van der Waals surface area contributed by atoms with Crippen LogP contribution in [-0.4, -0.2) is 26.7 Å². The maximum atomic E-state index is 12.5. The highest BCUT2D eigenvalue weighted by Crippen LogP contribution is 2.28. The molecule has 146 valence electrons. The SMILES string of the molecule is Cc1ccc(C(C)C)c(OC(C)C(=O)Nc2cccc(CS(C)(=O)=O)c2)c1. The molecule has 0 fully saturated rings. The molecule has 1 amide bonds. The quantitative estimate of drug-likeness (QED) is 0.775. The molecule has 2 aromatic carbocycles. The molecular formula is C21H27NO4S. The fourth-order valence-corrected chi connectivity index (χ4v) is 3.54. The Bertz CT molecular complexity index is 920. The summed E-state index contributed by atoms with van der Waals surface area (Å²) >= 11 is 0. The minimum absolute atomic E-state index is 0.0657. The Balaban J connectivity index is 2.11. The fraction of sp³-hybridized carbons (Fsp3) is 0.381. The van der Waals surface area contributed by atoms with Crippen molar-refractivity contribution in [3.8, 4) is 5.75 Å². The zero-order valence-electron chi connectivity index (χ0n) is 16.4. The average molecular weight is 390 g/mol. The van der Waals surface area contributed by atoms with Gasteiger partial charge >= 0.3 is 0 Å². The number of benzene rings is 2. The van der Waals surface area contributed by atoms with Crippen LogP contribution in [0, 0.1) is 6.92 Å². The Morgan fingerprint density at radius 3 is 2.44 bits per heavy atom. The van der Waals surface area contributed by atoms with Crippen LogP contribution in [0.5, 0.6) is 5.75 Å². The van der Waals surface area contributed by atoms with Gasteiger partial charge in [-0.2, -0.15) is 0 Å². The van der Waals surface area contributed by atoms with E-state index in [2.05, 4.69) is 19.2 Å².